The summed E-state index contributed by atoms with van der Waals surface area (Å²) in [6.45, 7) is 1.79. The van der Waals surface area contributed by atoms with E-state index in [0.717, 1.165) is 0 Å². The third-order valence-electron chi connectivity index (χ3n) is 4.52. The number of carbonyl (C=O) groups is 2. The summed E-state index contributed by atoms with van der Waals surface area (Å²) in [5, 5.41) is 4.43. The summed E-state index contributed by atoms with van der Waals surface area (Å²) in [5.41, 5.74) is 8.06. The molecule has 0 spiro atoms. The third kappa shape index (κ3) is 2.45. The molecule has 7 heteroatoms. The quantitative estimate of drug-likeness (QED) is 0.733. The molecule has 1 aliphatic heterocycles. The van der Waals surface area contributed by atoms with Gasteiger partial charge in [-0.25, -0.2) is 4.98 Å². The van der Waals surface area contributed by atoms with Crippen LogP contribution in [-0.4, -0.2) is 26.6 Å². The minimum atomic E-state index is -0.639. The lowest BCUT2D eigenvalue weighted by Gasteiger charge is -2.15. The molecule has 0 bridgehead atoms. The highest BCUT2D eigenvalue weighted by Crippen LogP contribution is 2.37. The van der Waals surface area contributed by atoms with Gasteiger partial charge in [-0.3, -0.25) is 14.5 Å². The predicted molar refractivity (Wildman–Crippen MR) is 96.8 cm³/mol. The molecular formula is C19H17N5O2. The molecule has 0 aliphatic carbocycles. The predicted octanol–water partition coefficient (Wildman–Crippen LogP) is 2.21. The molecule has 130 valence electrons. The maximum Gasteiger partial charge on any atom is 0.242 e. The van der Waals surface area contributed by atoms with Crippen LogP contribution < -0.4 is 10.6 Å². The monoisotopic (exact) mass is 347 g/mol. The molecule has 0 saturated carbocycles. The zero-order chi connectivity index (χ0) is 18.3. The molecule has 7 nitrogen and oxygen atoms in total. The van der Waals surface area contributed by atoms with Crippen molar-refractivity contribution in [3.8, 4) is 5.82 Å². The molecule has 1 aliphatic rings. The van der Waals surface area contributed by atoms with Gasteiger partial charge in [-0.1, -0.05) is 24.3 Å². The third-order valence-corrected chi connectivity index (χ3v) is 4.52. The molecule has 1 saturated heterocycles. The van der Waals surface area contributed by atoms with Crippen LogP contribution >= 0.6 is 0 Å². The van der Waals surface area contributed by atoms with E-state index in [4.69, 9.17) is 5.73 Å². The van der Waals surface area contributed by atoms with E-state index in [1.165, 1.54) is 9.58 Å². The Balaban J connectivity index is 1.74. The number of anilines is 2. The number of hydrogen-bond acceptors (Lipinski definition) is 5. The minimum Gasteiger partial charge on any atom is -0.383 e. The van der Waals surface area contributed by atoms with Crippen molar-refractivity contribution in [2.24, 2.45) is 0 Å². The largest absolute Gasteiger partial charge is 0.383 e. The lowest BCUT2D eigenvalue weighted by molar-refractivity contribution is -0.121. The number of pyridine rings is 1. The van der Waals surface area contributed by atoms with Crippen LogP contribution in [0.15, 0.2) is 54.7 Å². The summed E-state index contributed by atoms with van der Waals surface area (Å²) in [4.78, 5) is 30.9. The van der Waals surface area contributed by atoms with Crippen molar-refractivity contribution >= 4 is 23.3 Å². The Kier molecular flexibility index (Phi) is 3.76. The number of aryl methyl sites for hydroxylation is 1. The molecule has 1 aromatic carbocycles. The lowest BCUT2D eigenvalue weighted by Crippen LogP contribution is -2.30. The second-order valence-corrected chi connectivity index (χ2v) is 6.14. The molecule has 0 radical (unpaired) electrons. The van der Waals surface area contributed by atoms with Crippen molar-refractivity contribution in [3.63, 3.8) is 0 Å². The van der Waals surface area contributed by atoms with Gasteiger partial charge in [-0.05, 0) is 31.2 Å². The van der Waals surface area contributed by atoms with Crippen molar-refractivity contribution in [2.45, 2.75) is 19.3 Å². The van der Waals surface area contributed by atoms with Crippen molar-refractivity contribution in [1.29, 1.82) is 0 Å². The number of nitrogens with zero attached hydrogens (tertiary/aromatic N) is 4. The molecule has 2 N–H and O–H groups in total. The van der Waals surface area contributed by atoms with Crippen LogP contribution in [0.5, 0.6) is 0 Å². The molecule has 2 amide bonds. The average Bonchev–Trinajstić information content (AvgIpc) is 3.11. The van der Waals surface area contributed by atoms with Gasteiger partial charge in [0.05, 0.1) is 17.3 Å². The second kappa shape index (κ2) is 6.11. The zero-order valence-corrected chi connectivity index (χ0v) is 14.2. The Morgan fingerprint density at radius 3 is 2.50 bits per heavy atom. The highest BCUT2D eigenvalue weighted by molar-refractivity contribution is 6.23. The van der Waals surface area contributed by atoms with E-state index in [1.54, 1.807) is 49.5 Å². The van der Waals surface area contributed by atoms with E-state index < -0.39 is 5.92 Å². The maximum atomic E-state index is 13.0. The molecule has 3 heterocycles. The normalized spacial score (nSPS) is 17.1. The van der Waals surface area contributed by atoms with Gasteiger partial charge in [-0.2, -0.15) is 9.78 Å². The number of rotatable bonds is 3. The Hall–Kier alpha value is -3.48. The fraction of sp³-hybridized carbons (Fsp3) is 0.158. The highest BCUT2D eigenvalue weighted by atomic mass is 16.2. The van der Waals surface area contributed by atoms with Crippen molar-refractivity contribution in [2.75, 3.05) is 10.6 Å². The van der Waals surface area contributed by atoms with Crippen LogP contribution in [0, 0.1) is 6.92 Å². The summed E-state index contributed by atoms with van der Waals surface area (Å²) < 4.78 is 1.51. The Morgan fingerprint density at radius 1 is 1.08 bits per heavy atom. The van der Waals surface area contributed by atoms with E-state index in [0.29, 0.717) is 28.6 Å². The standard InChI is InChI=1S/C19H17N5O2/c1-12-17(18(20)24(22-12)15-9-5-6-10-21-15)14-11-16(25)23(19(14)26)13-7-3-2-4-8-13/h2-10,14H,11,20H2,1H3. The summed E-state index contributed by atoms with van der Waals surface area (Å²) in [6.07, 6.45) is 1.72. The van der Waals surface area contributed by atoms with Crippen LogP contribution in [0.1, 0.15) is 23.6 Å². The van der Waals surface area contributed by atoms with Crippen LogP contribution in [0.2, 0.25) is 0 Å². The van der Waals surface area contributed by atoms with Gasteiger partial charge in [0.2, 0.25) is 11.8 Å². The van der Waals surface area contributed by atoms with E-state index in [1.807, 2.05) is 12.1 Å². The topological polar surface area (TPSA) is 94.1 Å². The highest BCUT2D eigenvalue weighted by Gasteiger charge is 2.43. The van der Waals surface area contributed by atoms with Crippen molar-refractivity contribution in [3.05, 3.63) is 66.0 Å². The molecule has 26 heavy (non-hydrogen) atoms. The molecule has 3 aromatic rings. The average molecular weight is 347 g/mol. The minimum absolute atomic E-state index is 0.0761. The number of para-hydroxylation sites is 1. The number of nitrogen functional groups attached to an aromatic ring is 1. The van der Waals surface area contributed by atoms with E-state index in [2.05, 4.69) is 10.1 Å². The smallest absolute Gasteiger partial charge is 0.242 e. The Morgan fingerprint density at radius 2 is 1.81 bits per heavy atom. The van der Waals surface area contributed by atoms with Crippen LogP contribution in [0.3, 0.4) is 0 Å². The van der Waals surface area contributed by atoms with Crippen molar-refractivity contribution < 1.29 is 9.59 Å². The van der Waals surface area contributed by atoms with Crippen LogP contribution in [-0.2, 0) is 9.59 Å². The first kappa shape index (κ1) is 16.0. The first-order chi connectivity index (χ1) is 12.6. The summed E-state index contributed by atoms with van der Waals surface area (Å²) >= 11 is 0. The number of nitrogens with two attached hydrogens (primary N) is 1. The van der Waals surface area contributed by atoms with Crippen LogP contribution in [0.4, 0.5) is 11.5 Å². The van der Waals surface area contributed by atoms with Gasteiger partial charge in [0.1, 0.15) is 5.82 Å². The SMILES string of the molecule is Cc1nn(-c2ccccn2)c(N)c1C1CC(=O)N(c2ccccc2)C1=O. The number of aromatic nitrogens is 3. The molecular weight excluding hydrogens is 330 g/mol. The van der Waals surface area contributed by atoms with E-state index in [-0.39, 0.29) is 18.2 Å². The number of imide groups is 1. The number of amides is 2. The number of hydrogen-bond donors (Lipinski definition) is 1. The summed E-state index contributed by atoms with van der Waals surface area (Å²) in [5.74, 6) is -0.259. The lowest BCUT2D eigenvalue weighted by atomic mass is 9.97. The second-order valence-electron chi connectivity index (χ2n) is 6.14. The van der Waals surface area contributed by atoms with Gasteiger partial charge in [0, 0.05) is 18.2 Å². The maximum absolute atomic E-state index is 13.0. The van der Waals surface area contributed by atoms with Gasteiger partial charge in [0.15, 0.2) is 5.82 Å². The zero-order valence-electron chi connectivity index (χ0n) is 14.2. The summed E-state index contributed by atoms with van der Waals surface area (Å²) in [6, 6.07) is 14.3. The molecule has 4 rings (SSSR count). The molecule has 1 fully saturated rings. The van der Waals surface area contributed by atoms with Crippen molar-refractivity contribution in [1.82, 2.24) is 14.8 Å². The molecule has 2 aromatic heterocycles. The Bertz CT molecular complexity index is 982. The van der Waals surface area contributed by atoms with Gasteiger partial charge < -0.3 is 5.73 Å². The first-order valence-corrected chi connectivity index (χ1v) is 8.26. The first-order valence-electron chi connectivity index (χ1n) is 8.26. The Labute approximate surface area is 150 Å². The van der Waals surface area contributed by atoms with Gasteiger partial charge in [0.25, 0.3) is 0 Å². The summed E-state index contributed by atoms with van der Waals surface area (Å²) in [7, 11) is 0. The number of carbonyl (C=O) groups excluding carboxylic acids is 2. The fourth-order valence-corrected chi connectivity index (χ4v) is 3.35. The van der Waals surface area contributed by atoms with E-state index in [9.17, 15) is 9.59 Å². The molecule has 1 atom stereocenters. The molecule has 1 unspecified atom stereocenters. The van der Waals surface area contributed by atoms with E-state index >= 15 is 0 Å². The fourth-order valence-electron chi connectivity index (χ4n) is 3.35. The van der Waals surface area contributed by atoms with Gasteiger partial charge >= 0.3 is 0 Å². The van der Waals surface area contributed by atoms with Crippen LogP contribution in [0.25, 0.3) is 5.82 Å². The number of benzene rings is 1. The van der Waals surface area contributed by atoms with Gasteiger partial charge in [-0.15, -0.1) is 0 Å².